The van der Waals surface area contributed by atoms with Gasteiger partial charge in [0.15, 0.2) is 0 Å². The van der Waals surface area contributed by atoms with Gasteiger partial charge >= 0.3 is 6.09 Å². The van der Waals surface area contributed by atoms with Crippen LogP contribution in [0.3, 0.4) is 0 Å². The van der Waals surface area contributed by atoms with E-state index in [0.29, 0.717) is 53.9 Å². The van der Waals surface area contributed by atoms with E-state index in [0.717, 1.165) is 19.3 Å². The highest BCUT2D eigenvalue weighted by atomic mass is 35.5. The van der Waals surface area contributed by atoms with Crippen molar-refractivity contribution < 1.29 is 27.4 Å². The van der Waals surface area contributed by atoms with E-state index in [4.69, 9.17) is 25.8 Å². The van der Waals surface area contributed by atoms with Gasteiger partial charge in [-0.05, 0) is 44.7 Å². The molecule has 0 radical (unpaired) electrons. The standard InChI is InChI=1S/C29H36ClN5O7S/c1-29(2,3)42-28(37)34-15-18-13-33(14-19(18)16-34)7-8-35-25-17(12-31-27(32-25)43(6,38)39)9-22(26(35)36)21-10-20(40-4)11-23(41-5)24(21)30/h9-12,18-19H,7-8,13-16H2,1-6H3/t18-,19+. The molecule has 43 heavy (non-hydrogen) atoms. The first-order chi connectivity index (χ1) is 20.2. The van der Waals surface area contributed by atoms with E-state index >= 15 is 0 Å². The zero-order valence-corrected chi connectivity index (χ0v) is 26.7. The molecule has 0 bridgehead atoms. The van der Waals surface area contributed by atoms with Gasteiger partial charge in [-0.3, -0.25) is 9.36 Å². The minimum Gasteiger partial charge on any atom is -0.497 e. The van der Waals surface area contributed by atoms with Crippen molar-refractivity contribution >= 4 is 38.6 Å². The van der Waals surface area contributed by atoms with Gasteiger partial charge in [-0.2, -0.15) is 4.98 Å². The Morgan fingerprint density at radius 2 is 1.70 bits per heavy atom. The van der Waals surface area contributed by atoms with Gasteiger partial charge in [-0.1, -0.05) is 11.6 Å². The summed E-state index contributed by atoms with van der Waals surface area (Å²) in [6.45, 7) is 9.09. The number of ether oxygens (including phenoxy) is 3. The molecule has 3 aromatic rings. The number of nitrogens with zero attached hydrogens (tertiary/aromatic N) is 5. The summed E-state index contributed by atoms with van der Waals surface area (Å²) in [5.41, 5.74) is -0.0454. The number of hydrogen-bond acceptors (Lipinski definition) is 10. The zero-order chi connectivity index (χ0) is 31.3. The highest BCUT2D eigenvalue weighted by molar-refractivity contribution is 7.90. The van der Waals surface area contributed by atoms with Crippen molar-refractivity contribution in [1.82, 2.24) is 24.3 Å². The summed E-state index contributed by atoms with van der Waals surface area (Å²) in [7, 11) is -0.743. The number of sulfone groups is 1. The Kier molecular flexibility index (Phi) is 8.36. The number of carbonyl (C=O) groups excluding carboxylic acids is 1. The summed E-state index contributed by atoms with van der Waals surface area (Å²) in [4.78, 5) is 39.0. The first-order valence-electron chi connectivity index (χ1n) is 13.9. The molecule has 0 aliphatic carbocycles. The summed E-state index contributed by atoms with van der Waals surface area (Å²) < 4.78 is 42.4. The van der Waals surface area contributed by atoms with E-state index in [-0.39, 0.29) is 34.0 Å². The highest BCUT2D eigenvalue weighted by Gasteiger charge is 2.42. The van der Waals surface area contributed by atoms with Gasteiger partial charge in [0.1, 0.15) is 22.7 Å². The van der Waals surface area contributed by atoms with Crippen molar-refractivity contribution in [2.24, 2.45) is 11.8 Å². The maximum atomic E-state index is 14.1. The Bertz CT molecular complexity index is 1720. The molecule has 12 nitrogen and oxygen atoms in total. The van der Waals surface area contributed by atoms with E-state index in [1.165, 1.54) is 25.0 Å². The Morgan fingerprint density at radius 1 is 1.02 bits per heavy atom. The largest absolute Gasteiger partial charge is 0.497 e. The summed E-state index contributed by atoms with van der Waals surface area (Å²) in [5.74, 6) is 1.40. The maximum Gasteiger partial charge on any atom is 0.410 e. The molecule has 0 N–H and O–H groups in total. The number of pyridine rings is 1. The Hall–Kier alpha value is -3.42. The van der Waals surface area contributed by atoms with E-state index in [2.05, 4.69) is 14.9 Å². The molecule has 5 rings (SSSR count). The third-order valence-electron chi connectivity index (χ3n) is 7.75. The van der Waals surface area contributed by atoms with Gasteiger partial charge in [-0.15, -0.1) is 0 Å². The van der Waals surface area contributed by atoms with E-state index < -0.39 is 21.0 Å². The van der Waals surface area contributed by atoms with Gasteiger partial charge in [0.2, 0.25) is 15.0 Å². The number of benzene rings is 1. The molecule has 1 amide bonds. The first kappa shape index (κ1) is 31.0. The molecule has 2 aromatic heterocycles. The molecule has 2 atom stereocenters. The van der Waals surface area contributed by atoms with Crippen LogP contribution in [0.2, 0.25) is 5.02 Å². The second-order valence-electron chi connectivity index (χ2n) is 12.1. The second kappa shape index (κ2) is 11.6. The third kappa shape index (κ3) is 6.43. The number of amides is 1. The molecular weight excluding hydrogens is 598 g/mol. The van der Waals surface area contributed by atoms with Crippen molar-refractivity contribution in [3.8, 4) is 22.6 Å². The number of halogens is 1. The first-order valence-corrected chi connectivity index (χ1v) is 16.2. The lowest BCUT2D eigenvalue weighted by Crippen LogP contribution is -2.38. The minimum atomic E-state index is -3.72. The van der Waals surface area contributed by atoms with Crippen LogP contribution in [0.5, 0.6) is 11.5 Å². The molecule has 2 saturated heterocycles. The molecule has 4 heterocycles. The van der Waals surface area contributed by atoms with Crippen LogP contribution in [-0.4, -0.2) is 97.6 Å². The average molecular weight is 634 g/mol. The SMILES string of the molecule is COc1cc(OC)c(Cl)c(-c2cc3cnc(S(C)(=O)=O)nc3n(CCN3C[C@@H]4CN(C(=O)OC(C)(C)C)C[C@@H]4C3)c2=O)c1. The molecule has 2 aliphatic rings. The van der Waals surface area contributed by atoms with Crippen molar-refractivity contribution in [2.75, 3.05) is 53.2 Å². The fraction of sp³-hybridized carbons (Fsp3) is 0.517. The second-order valence-corrected chi connectivity index (χ2v) is 14.4. The normalized spacial score (nSPS) is 19.1. The van der Waals surface area contributed by atoms with Crippen LogP contribution in [0, 0.1) is 11.8 Å². The van der Waals surface area contributed by atoms with Crippen LogP contribution in [0.1, 0.15) is 20.8 Å². The van der Waals surface area contributed by atoms with E-state index in [1.807, 2.05) is 20.8 Å². The Labute approximate surface area is 255 Å². The zero-order valence-electron chi connectivity index (χ0n) is 25.1. The number of likely N-dealkylation sites (tertiary alicyclic amines) is 2. The summed E-state index contributed by atoms with van der Waals surface area (Å²) in [6, 6.07) is 4.88. The molecular formula is C29H36ClN5O7S. The van der Waals surface area contributed by atoms with E-state index in [1.54, 1.807) is 23.1 Å². The molecule has 0 spiro atoms. The fourth-order valence-electron chi connectivity index (χ4n) is 5.75. The topological polar surface area (TPSA) is 133 Å². The van der Waals surface area contributed by atoms with Crippen LogP contribution in [-0.2, 0) is 21.1 Å². The van der Waals surface area contributed by atoms with Gasteiger partial charge in [0.05, 0.1) is 19.2 Å². The molecule has 2 fully saturated rings. The van der Waals surface area contributed by atoms with Crippen LogP contribution in [0.15, 0.2) is 34.3 Å². The number of carbonyl (C=O) groups is 1. The number of fused-ring (bicyclic) bond motifs is 2. The number of hydrogen-bond donors (Lipinski definition) is 0. The Morgan fingerprint density at radius 3 is 2.28 bits per heavy atom. The molecule has 0 unspecified atom stereocenters. The predicted octanol–water partition coefficient (Wildman–Crippen LogP) is 3.33. The lowest BCUT2D eigenvalue weighted by molar-refractivity contribution is 0.0274. The minimum absolute atomic E-state index is 0.214. The molecule has 1 aromatic carbocycles. The van der Waals surface area contributed by atoms with Crippen molar-refractivity contribution in [3.63, 3.8) is 0 Å². The molecule has 14 heteroatoms. The van der Waals surface area contributed by atoms with Crippen molar-refractivity contribution in [1.29, 1.82) is 0 Å². The molecule has 232 valence electrons. The highest BCUT2D eigenvalue weighted by Crippen LogP contribution is 2.39. The maximum absolute atomic E-state index is 14.1. The van der Waals surface area contributed by atoms with Gasteiger partial charge in [0, 0.05) is 74.3 Å². The lowest BCUT2D eigenvalue weighted by atomic mass is 10.0. The summed E-state index contributed by atoms with van der Waals surface area (Å²) in [6.07, 6.45) is 2.13. The van der Waals surface area contributed by atoms with Gasteiger partial charge in [0.25, 0.3) is 5.56 Å². The van der Waals surface area contributed by atoms with E-state index in [9.17, 15) is 18.0 Å². The number of rotatable bonds is 7. The average Bonchev–Trinajstić information content (AvgIpc) is 3.50. The third-order valence-corrected chi connectivity index (χ3v) is 9.00. The molecule has 2 aliphatic heterocycles. The lowest BCUT2D eigenvalue weighted by Gasteiger charge is -2.26. The predicted molar refractivity (Wildman–Crippen MR) is 162 cm³/mol. The van der Waals surface area contributed by atoms with Crippen LogP contribution in [0.25, 0.3) is 22.2 Å². The Balaban J connectivity index is 1.46. The fourth-order valence-corrected chi connectivity index (χ4v) is 6.53. The van der Waals surface area contributed by atoms with Crippen molar-refractivity contribution in [3.05, 3.63) is 39.8 Å². The van der Waals surface area contributed by atoms with Crippen molar-refractivity contribution in [2.45, 2.75) is 38.1 Å². The van der Waals surface area contributed by atoms with Crippen LogP contribution >= 0.6 is 11.6 Å². The quantitative estimate of drug-likeness (QED) is 0.357. The molecule has 0 saturated carbocycles. The monoisotopic (exact) mass is 633 g/mol. The smallest absolute Gasteiger partial charge is 0.410 e. The van der Waals surface area contributed by atoms with Gasteiger partial charge in [-0.25, -0.2) is 18.2 Å². The number of methoxy groups -OCH3 is 2. The van der Waals surface area contributed by atoms with Crippen LogP contribution < -0.4 is 15.0 Å². The van der Waals surface area contributed by atoms with Crippen LogP contribution in [0.4, 0.5) is 4.79 Å². The summed E-state index contributed by atoms with van der Waals surface area (Å²) >= 11 is 6.65. The van der Waals surface area contributed by atoms with Gasteiger partial charge < -0.3 is 24.0 Å². The number of aromatic nitrogens is 3. The summed E-state index contributed by atoms with van der Waals surface area (Å²) in [5, 5.41) is 0.355.